The molecule has 0 saturated heterocycles. The van der Waals surface area contributed by atoms with Crippen molar-refractivity contribution < 1.29 is 9.90 Å². The lowest BCUT2D eigenvalue weighted by Gasteiger charge is -2.08. The summed E-state index contributed by atoms with van der Waals surface area (Å²) in [6, 6.07) is 20.0. The molecule has 4 heteroatoms. The number of nitrogens with zero attached hydrogens (tertiary/aromatic N) is 1. The number of aliphatic hydroxyl groups excluding tert-OH is 1. The van der Waals surface area contributed by atoms with Crippen LogP contribution in [0.15, 0.2) is 66.9 Å². The number of benzene rings is 3. The van der Waals surface area contributed by atoms with Gasteiger partial charge in [-0.1, -0.05) is 42.0 Å². The molecule has 0 bridgehead atoms. The molecule has 0 aliphatic carbocycles. The molecule has 0 fully saturated rings. The zero-order chi connectivity index (χ0) is 21.3. The molecule has 0 aliphatic rings. The van der Waals surface area contributed by atoms with Crippen LogP contribution in [0.4, 0.5) is 5.69 Å². The third kappa shape index (κ3) is 4.00. The summed E-state index contributed by atoms with van der Waals surface area (Å²) in [5.74, 6) is -0.138. The van der Waals surface area contributed by atoms with E-state index in [0.717, 1.165) is 22.0 Å². The van der Waals surface area contributed by atoms with Gasteiger partial charge >= 0.3 is 0 Å². The number of carbonyl (C=O) groups excluding carboxylic acids is 1. The molecule has 3 aromatic carbocycles. The van der Waals surface area contributed by atoms with Gasteiger partial charge in [-0.15, -0.1) is 0 Å². The number of aliphatic hydroxyl groups is 1. The van der Waals surface area contributed by atoms with E-state index in [1.165, 1.54) is 16.7 Å². The highest BCUT2D eigenvalue weighted by Gasteiger charge is 2.16. The van der Waals surface area contributed by atoms with Gasteiger partial charge in [-0.3, -0.25) is 4.79 Å². The number of aromatic nitrogens is 1. The highest BCUT2D eigenvalue weighted by Crippen LogP contribution is 2.25. The van der Waals surface area contributed by atoms with Crippen LogP contribution >= 0.6 is 0 Å². The number of aryl methyl sites for hydroxylation is 3. The third-order valence-electron chi connectivity index (χ3n) is 5.60. The maximum Gasteiger partial charge on any atom is 0.257 e. The van der Waals surface area contributed by atoms with Crippen molar-refractivity contribution in [2.75, 3.05) is 5.32 Å². The van der Waals surface area contributed by atoms with Gasteiger partial charge in [-0.25, -0.2) is 0 Å². The van der Waals surface area contributed by atoms with Crippen LogP contribution in [-0.4, -0.2) is 15.6 Å². The molecule has 152 valence electrons. The van der Waals surface area contributed by atoms with E-state index < -0.39 is 0 Å². The second kappa shape index (κ2) is 8.17. The largest absolute Gasteiger partial charge is 0.392 e. The van der Waals surface area contributed by atoms with E-state index in [2.05, 4.69) is 60.1 Å². The Morgan fingerprint density at radius 3 is 2.33 bits per heavy atom. The Morgan fingerprint density at radius 2 is 1.63 bits per heavy atom. The average Bonchev–Trinajstić information content (AvgIpc) is 3.09. The predicted octanol–water partition coefficient (Wildman–Crippen LogP) is 5.36. The number of fused-ring (bicyclic) bond motifs is 1. The highest BCUT2D eigenvalue weighted by atomic mass is 16.3. The van der Waals surface area contributed by atoms with Crippen molar-refractivity contribution in [1.29, 1.82) is 0 Å². The Bertz CT molecular complexity index is 1220. The Kier molecular flexibility index (Phi) is 5.42. The highest BCUT2D eigenvalue weighted by molar-refractivity contribution is 6.13. The fourth-order valence-corrected chi connectivity index (χ4v) is 3.71. The fourth-order valence-electron chi connectivity index (χ4n) is 3.71. The monoisotopic (exact) mass is 398 g/mol. The van der Waals surface area contributed by atoms with Gasteiger partial charge in [0.05, 0.1) is 12.2 Å². The molecule has 0 saturated carbocycles. The van der Waals surface area contributed by atoms with Crippen molar-refractivity contribution in [3.8, 4) is 0 Å². The number of amides is 1. The van der Waals surface area contributed by atoms with E-state index in [9.17, 15) is 9.90 Å². The quantitative estimate of drug-likeness (QED) is 0.475. The van der Waals surface area contributed by atoms with E-state index in [4.69, 9.17) is 0 Å². The minimum Gasteiger partial charge on any atom is -0.392 e. The maximum absolute atomic E-state index is 13.1. The molecule has 30 heavy (non-hydrogen) atoms. The van der Waals surface area contributed by atoms with Crippen molar-refractivity contribution in [2.24, 2.45) is 0 Å². The molecule has 0 spiro atoms. The molecule has 0 unspecified atom stereocenters. The van der Waals surface area contributed by atoms with Gasteiger partial charge in [-0.05, 0) is 67.3 Å². The Hall–Kier alpha value is -3.37. The number of rotatable bonds is 5. The number of hydrogen-bond donors (Lipinski definition) is 2. The first-order chi connectivity index (χ1) is 14.4. The van der Waals surface area contributed by atoms with E-state index in [1.54, 1.807) is 0 Å². The first kappa shape index (κ1) is 19.9. The molecule has 2 N–H and O–H groups in total. The first-order valence-corrected chi connectivity index (χ1v) is 10.1. The standard InChI is InChI=1S/C26H26N2O2/c1-17-4-11-25-23(12-17)24(26(30)27-22-9-7-20(16-29)8-10-22)15-28(25)14-21-6-5-18(2)19(3)13-21/h4-13,15,29H,14,16H2,1-3H3,(H,27,30). The second-order valence-electron chi connectivity index (χ2n) is 7.92. The lowest BCUT2D eigenvalue weighted by Crippen LogP contribution is -2.11. The summed E-state index contributed by atoms with van der Waals surface area (Å²) in [6.07, 6.45) is 1.94. The molecule has 1 aromatic heterocycles. The molecule has 4 aromatic rings. The molecule has 0 aliphatic heterocycles. The molecule has 0 atom stereocenters. The van der Waals surface area contributed by atoms with Crippen molar-refractivity contribution in [1.82, 2.24) is 4.57 Å². The summed E-state index contributed by atoms with van der Waals surface area (Å²) in [7, 11) is 0. The van der Waals surface area contributed by atoms with E-state index in [0.29, 0.717) is 17.8 Å². The van der Waals surface area contributed by atoms with Gasteiger partial charge in [0.2, 0.25) is 0 Å². The van der Waals surface area contributed by atoms with E-state index >= 15 is 0 Å². The van der Waals surface area contributed by atoms with Crippen LogP contribution in [0.2, 0.25) is 0 Å². The fraction of sp³-hybridized carbons (Fsp3) is 0.192. The molecular weight excluding hydrogens is 372 g/mol. The SMILES string of the molecule is Cc1ccc2c(c1)c(C(=O)Nc1ccc(CO)cc1)cn2Cc1ccc(C)c(C)c1. The van der Waals surface area contributed by atoms with Crippen LogP contribution < -0.4 is 5.32 Å². The van der Waals surface area contributed by atoms with Gasteiger partial charge in [-0.2, -0.15) is 0 Å². The second-order valence-corrected chi connectivity index (χ2v) is 7.92. The summed E-state index contributed by atoms with van der Waals surface area (Å²) >= 11 is 0. The summed E-state index contributed by atoms with van der Waals surface area (Å²) in [5.41, 5.74) is 8.09. The summed E-state index contributed by atoms with van der Waals surface area (Å²) in [4.78, 5) is 13.1. The molecule has 4 nitrogen and oxygen atoms in total. The number of carbonyl (C=O) groups is 1. The number of nitrogens with one attached hydrogen (secondary N) is 1. The lowest BCUT2D eigenvalue weighted by atomic mass is 10.1. The third-order valence-corrected chi connectivity index (χ3v) is 5.60. The van der Waals surface area contributed by atoms with Gasteiger partial charge in [0.25, 0.3) is 5.91 Å². The molecule has 0 radical (unpaired) electrons. The Morgan fingerprint density at radius 1 is 0.900 bits per heavy atom. The average molecular weight is 399 g/mol. The van der Waals surface area contributed by atoms with Crippen molar-refractivity contribution in [2.45, 2.75) is 33.9 Å². The lowest BCUT2D eigenvalue weighted by molar-refractivity contribution is 0.102. The number of anilines is 1. The number of hydrogen-bond acceptors (Lipinski definition) is 2. The molecule has 4 rings (SSSR count). The smallest absolute Gasteiger partial charge is 0.257 e. The maximum atomic E-state index is 13.1. The topological polar surface area (TPSA) is 54.3 Å². The van der Waals surface area contributed by atoms with Gasteiger partial charge in [0, 0.05) is 29.3 Å². The van der Waals surface area contributed by atoms with E-state index in [1.807, 2.05) is 37.4 Å². The van der Waals surface area contributed by atoms with Crippen molar-refractivity contribution in [3.63, 3.8) is 0 Å². The Labute approximate surface area is 176 Å². The minimum atomic E-state index is -0.138. The minimum absolute atomic E-state index is 0.0144. The Balaban J connectivity index is 1.69. The van der Waals surface area contributed by atoms with Crippen LogP contribution in [0.1, 0.15) is 38.2 Å². The van der Waals surface area contributed by atoms with E-state index in [-0.39, 0.29) is 12.5 Å². The van der Waals surface area contributed by atoms with Gasteiger partial charge in [0.15, 0.2) is 0 Å². The summed E-state index contributed by atoms with van der Waals surface area (Å²) in [5, 5.41) is 13.1. The molecule has 1 heterocycles. The van der Waals surface area contributed by atoms with Crippen molar-refractivity contribution >= 4 is 22.5 Å². The van der Waals surface area contributed by atoms with Crippen LogP contribution in [-0.2, 0) is 13.2 Å². The van der Waals surface area contributed by atoms with Crippen LogP contribution in [0, 0.1) is 20.8 Å². The summed E-state index contributed by atoms with van der Waals surface area (Å²) in [6.45, 7) is 6.97. The zero-order valence-electron chi connectivity index (χ0n) is 17.6. The molecular formula is C26H26N2O2. The predicted molar refractivity (Wildman–Crippen MR) is 122 cm³/mol. The van der Waals surface area contributed by atoms with Gasteiger partial charge < -0.3 is 15.0 Å². The molecule has 1 amide bonds. The summed E-state index contributed by atoms with van der Waals surface area (Å²) < 4.78 is 2.14. The first-order valence-electron chi connectivity index (χ1n) is 10.1. The zero-order valence-corrected chi connectivity index (χ0v) is 17.6. The normalized spacial score (nSPS) is 11.1. The van der Waals surface area contributed by atoms with Crippen LogP contribution in [0.3, 0.4) is 0 Å². The van der Waals surface area contributed by atoms with Crippen LogP contribution in [0.5, 0.6) is 0 Å². The van der Waals surface area contributed by atoms with Gasteiger partial charge in [0.1, 0.15) is 0 Å². The van der Waals surface area contributed by atoms with Crippen molar-refractivity contribution in [3.05, 3.63) is 100 Å². The van der Waals surface area contributed by atoms with Crippen LogP contribution in [0.25, 0.3) is 10.9 Å².